The fourth-order valence-corrected chi connectivity index (χ4v) is 1.62. The highest BCUT2D eigenvalue weighted by atomic mass is 16.5. The zero-order valence-corrected chi connectivity index (χ0v) is 10.2. The number of hydrogen-bond donors (Lipinski definition) is 2. The van der Waals surface area contributed by atoms with Crippen LogP contribution in [0.25, 0.3) is 0 Å². The van der Waals surface area contributed by atoms with Gasteiger partial charge in [0.15, 0.2) is 0 Å². The number of carbonyl (C=O) groups is 1. The van der Waals surface area contributed by atoms with Crippen molar-refractivity contribution in [3.05, 3.63) is 23.8 Å². The zero-order valence-electron chi connectivity index (χ0n) is 10.2. The number of aryl methyl sites for hydroxylation is 1. The maximum atomic E-state index is 11.7. The van der Waals surface area contributed by atoms with Crippen LogP contribution in [0.4, 0.5) is 5.69 Å². The highest BCUT2D eigenvalue weighted by Gasteiger charge is 2.21. The van der Waals surface area contributed by atoms with Crippen LogP contribution in [0.3, 0.4) is 0 Å². The quantitative estimate of drug-likeness (QED) is 0.815. The van der Waals surface area contributed by atoms with Gasteiger partial charge in [-0.2, -0.15) is 0 Å². The van der Waals surface area contributed by atoms with Crippen molar-refractivity contribution in [2.75, 3.05) is 19.0 Å². The molecule has 4 heteroatoms. The van der Waals surface area contributed by atoms with Crippen LogP contribution in [-0.4, -0.2) is 25.6 Å². The molecule has 1 aliphatic carbocycles. The van der Waals surface area contributed by atoms with Gasteiger partial charge >= 0.3 is 0 Å². The first-order valence-corrected chi connectivity index (χ1v) is 5.87. The maximum absolute atomic E-state index is 11.7. The van der Waals surface area contributed by atoms with Crippen molar-refractivity contribution >= 4 is 11.6 Å². The molecule has 1 aromatic rings. The van der Waals surface area contributed by atoms with Gasteiger partial charge in [0.25, 0.3) is 0 Å². The van der Waals surface area contributed by atoms with Crippen LogP contribution >= 0.6 is 0 Å². The van der Waals surface area contributed by atoms with E-state index in [0.717, 1.165) is 11.3 Å². The molecule has 0 unspecified atom stereocenters. The van der Waals surface area contributed by atoms with Crippen molar-refractivity contribution in [3.63, 3.8) is 0 Å². The first kappa shape index (κ1) is 11.9. The van der Waals surface area contributed by atoms with Crippen molar-refractivity contribution in [1.82, 2.24) is 5.32 Å². The number of carbonyl (C=O) groups excluding carboxylic acids is 1. The molecule has 0 bridgehead atoms. The summed E-state index contributed by atoms with van der Waals surface area (Å²) >= 11 is 0. The average molecular weight is 234 g/mol. The fourth-order valence-electron chi connectivity index (χ4n) is 1.62. The number of nitrogens with one attached hydrogen (secondary N) is 2. The van der Waals surface area contributed by atoms with Crippen LogP contribution < -0.4 is 15.4 Å². The third-order valence-electron chi connectivity index (χ3n) is 2.76. The lowest BCUT2D eigenvalue weighted by Gasteiger charge is -2.11. The maximum Gasteiger partial charge on any atom is 0.238 e. The zero-order chi connectivity index (χ0) is 12.3. The third kappa shape index (κ3) is 3.46. The lowest BCUT2D eigenvalue weighted by molar-refractivity contribution is -0.115. The second-order valence-corrected chi connectivity index (χ2v) is 4.41. The van der Waals surface area contributed by atoms with E-state index in [-0.39, 0.29) is 5.91 Å². The number of hydrogen-bond acceptors (Lipinski definition) is 3. The van der Waals surface area contributed by atoms with Crippen molar-refractivity contribution in [1.29, 1.82) is 0 Å². The summed E-state index contributed by atoms with van der Waals surface area (Å²) < 4.78 is 5.23. The van der Waals surface area contributed by atoms with Gasteiger partial charge in [0, 0.05) is 6.04 Å². The molecule has 0 spiro atoms. The molecule has 1 aliphatic rings. The van der Waals surface area contributed by atoms with Crippen molar-refractivity contribution in [3.8, 4) is 5.75 Å². The smallest absolute Gasteiger partial charge is 0.238 e. The van der Waals surface area contributed by atoms with Crippen LogP contribution in [0.15, 0.2) is 18.2 Å². The predicted octanol–water partition coefficient (Wildman–Crippen LogP) is 1.69. The van der Waals surface area contributed by atoms with Crippen molar-refractivity contribution in [2.24, 2.45) is 0 Å². The van der Waals surface area contributed by atoms with Gasteiger partial charge in [-0.25, -0.2) is 0 Å². The summed E-state index contributed by atoms with van der Waals surface area (Å²) in [4.78, 5) is 11.7. The highest BCUT2D eigenvalue weighted by Crippen LogP contribution is 2.25. The molecule has 4 nitrogen and oxygen atoms in total. The molecule has 0 saturated heterocycles. The molecule has 0 aromatic heterocycles. The number of ether oxygens (including phenoxy) is 1. The monoisotopic (exact) mass is 234 g/mol. The predicted molar refractivity (Wildman–Crippen MR) is 67.4 cm³/mol. The van der Waals surface area contributed by atoms with Gasteiger partial charge in [0.2, 0.25) is 5.91 Å². The van der Waals surface area contributed by atoms with Gasteiger partial charge in [0.05, 0.1) is 19.3 Å². The normalized spacial score (nSPS) is 14.5. The van der Waals surface area contributed by atoms with Crippen LogP contribution in [0.1, 0.15) is 18.4 Å². The molecule has 17 heavy (non-hydrogen) atoms. The van der Waals surface area contributed by atoms with E-state index in [4.69, 9.17) is 4.74 Å². The molecule has 1 fully saturated rings. The second kappa shape index (κ2) is 5.19. The third-order valence-corrected chi connectivity index (χ3v) is 2.76. The summed E-state index contributed by atoms with van der Waals surface area (Å²) in [5.74, 6) is 0.670. The van der Waals surface area contributed by atoms with E-state index < -0.39 is 0 Å². The van der Waals surface area contributed by atoms with Gasteiger partial charge in [-0.15, -0.1) is 0 Å². The number of benzene rings is 1. The molecule has 0 aliphatic heterocycles. The van der Waals surface area contributed by atoms with E-state index >= 15 is 0 Å². The Bertz CT molecular complexity index is 414. The first-order valence-electron chi connectivity index (χ1n) is 5.87. The van der Waals surface area contributed by atoms with Crippen LogP contribution in [-0.2, 0) is 4.79 Å². The molecular weight excluding hydrogens is 216 g/mol. The first-order chi connectivity index (χ1) is 8.19. The standard InChI is InChI=1S/C13H18N2O2/c1-9-3-6-11(12(7-9)17-2)15-13(16)8-14-10-4-5-10/h3,6-7,10,14H,4-5,8H2,1-2H3,(H,15,16). The van der Waals surface area contributed by atoms with Gasteiger partial charge < -0.3 is 15.4 Å². The van der Waals surface area contributed by atoms with Crippen LogP contribution in [0, 0.1) is 6.92 Å². The van der Waals surface area contributed by atoms with E-state index in [1.54, 1.807) is 7.11 Å². The van der Waals surface area contributed by atoms with Gasteiger partial charge in [-0.1, -0.05) is 6.07 Å². The molecule has 1 aromatic carbocycles. The molecule has 2 rings (SSSR count). The number of amides is 1. The topological polar surface area (TPSA) is 50.4 Å². The molecule has 1 amide bonds. The van der Waals surface area contributed by atoms with E-state index in [9.17, 15) is 4.79 Å². The molecule has 92 valence electrons. The van der Waals surface area contributed by atoms with Crippen LogP contribution in [0.5, 0.6) is 5.75 Å². The number of rotatable bonds is 5. The molecule has 0 heterocycles. The summed E-state index contributed by atoms with van der Waals surface area (Å²) in [6.45, 7) is 2.35. The lowest BCUT2D eigenvalue weighted by atomic mass is 10.2. The summed E-state index contributed by atoms with van der Waals surface area (Å²) in [6, 6.07) is 6.26. The largest absolute Gasteiger partial charge is 0.495 e. The van der Waals surface area contributed by atoms with E-state index in [1.807, 2.05) is 25.1 Å². The van der Waals surface area contributed by atoms with Crippen molar-refractivity contribution < 1.29 is 9.53 Å². The Labute approximate surface area is 101 Å². The van der Waals surface area contributed by atoms with Gasteiger partial charge in [-0.05, 0) is 37.5 Å². The summed E-state index contributed by atoms with van der Waals surface area (Å²) in [5.41, 5.74) is 1.83. The molecule has 0 radical (unpaired) electrons. The SMILES string of the molecule is COc1cc(C)ccc1NC(=O)CNC1CC1. The van der Waals surface area contributed by atoms with Gasteiger partial charge in [0.1, 0.15) is 5.75 Å². The minimum absolute atomic E-state index is 0.0287. The highest BCUT2D eigenvalue weighted by molar-refractivity contribution is 5.93. The average Bonchev–Trinajstić information content (AvgIpc) is 3.12. The Morgan fingerprint density at radius 1 is 1.47 bits per heavy atom. The molecular formula is C13H18N2O2. The summed E-state index contributed by atoms with van der Waals surface area (Å²) in [5, 5.41) is 6.02. The molecule has 2 N–H and O–H groups in total. The van der Waals surface area contributed by atoms with Crippen LogP contribution in [0.2, 0.25) is 0 Å². The Morgan fingerprint density at radius 3 is 2.88 bits per heavy atom. The van der Waals surface area contributed by atoms with E-state index in [1.165, 1.54) is 12.8 Å². The summed E-state index contributed by atoms with van der Waals surface area (Å²) in [6.07, 6.45) is 2.36. The van der Waals surface area contributed by atoms with Crippen molar-refractivity contribution in [2.45, 2.75) is 25.8 Å². The number of methoxy groups -OCH3 is 1. The Balaban J connectivity index is 1.93. The number of anilines is 1. The Morgan fingerprint density at radius 2 is 2.24 bits per heavy atom. The molecule has 1 saturated carbocycles. The minimum atomic E-state index is -0.0287. The van der Waals surface area contributed by atoms with E-state index in [0.29, 0.717) is 18.3 Å². The minimum Gasteiger partial charge on any atom is -0.495 e. The van der Waals surface area contributed by atoms with Gasteiger partial charge in [-0.3, -0.25) is 4.79 Å². The summed E-state index contributed by atoms with van der Waals surface area (Å²) in [7, 11) is 1.60. The fraction of sp³-hybridized carbons (Fsp3) is 0.462. The molecule has 0 atom stereocenters. The Kier molecular flexibility index (Phi) is 3.64. The lowest BCUT2D eigenvalue weighted by Crippen LogP contribution is -2.29. The second-order valence-electron chi connectivity index (χ2n) is 4.41. The van der Waals surface area contributed by atoms with E-state index in [2.05, 4.69) is 10.6 Å². The Hall–Kier alpha value is -1.55.